The van der Waals surface area contributed by atoms with Gasteiger partial charge in [0.15, 0.2) is 0 Å². The standard InChI is InChI=1S/C14H22N2O5S2/c1-3-8-15-23(19,20)14-11-12(6-7-13(14)21-2)16-9-4-5-10-22(16,17)18/h6-7,11,15H,3-5,8-10H2,1-2H3. The Balaban J connectivity index is 2.47. The second-order valence-corrected chi connectivity index (χ2v) is 9.08. The highest BCUT2D eigenvalue weighted by atomic mass is 32.2. The molecule has 9 heteroatoms. The van der Waals surface area contributed by atoms with Crippen molar-refractivity contribution in [3.63, 3.8) is 0 Å². The predicted molar refractivity (Wildman–Crippen MR) is 88.8 cm³/mol. The molecule has 1 aliphatic heterocycles. The molecular formula is C14H22N2O5S2. The molecule has 0 amide bonds. The summed E-state index contributed by atoms with van der Waals surface area (Å²) in [6.07, 6.45) is 2.03. The lowest BCUT2D eigenvalue weighted by atomic mass is 10.2. The summed E-state index contributed by atoms with van der Waals surface area (Å²) in [7, 11) is -5.78. The van der Waals surface area contributed by atoms with Crippen LogP contribution >= 0.6 is 0 Å². The number of ether oxygens (including phenoxy) is 1. The van der Waals surface area contributed by atoms with E-state index in [1.54, 1.807) is 6.07 Å². The lowest BCUT2D eigenvalue weighted by Gasteiger charge is -2.28. The molecule has 1 N–H and O–H groups in total. The topological polar surface area (TPSA) is 92.8 Å². The van der Waals surface area contributed by atoms with Crippen LogP contribution in [0.1, 0.15) is 26.2 Å². The maximum absolute atomic E-state index is 12.4. The number of nitrogens with zero attached hydrogens (tertiary/aromatic N) is 1. The van der Waals surface area contributed by atoms with Gasteiger partial charge in [-0.15, -0.1) is 0 Å². The van der Waals surface area contributed by atoms with Gasteiger partial charge < -0.3 is 4.74 Å². The Hall–Kier alpha value is -1.32. The summed E-state index contributed by atoms with van der Waals surface area (Å²) in [5.41, 5.74) is 0.349. The SMILES string of the molecule is CCCNS(=O)(=O)c1cc(N2CCCCS2(=O)=O)ccc1OC. The van der Waals surface area contributed by atoms with Crippen molar-refractivity contribution in [3.8, 4) is 5.75 Å². The van der Waals surface area contributed by atoms with Gasteiger partial charge in [0.2, 0.25) is 20.0 Å². The van der Waals surface area contributed by atoms with Crippen LogP contribution in [0.4, 0.5) is 5.69 Å². The van der Waals surface area contributed by atoms with Gasteiger partial charge in [0.25, 0.3) is 0 Å². The van der Waals surface area contributed by atoms with E-state index in [9.17, 15) is 16.8 Å². The monoisotopic (exact) mass is 362 g/mol. The van der Waals surface area contributed by atoms with Crippen molar-refractivity contribution < 1.29 is 21.6 Å². The van der Waals surface area contributed by atoms with Crippen LogP contribution in [0.15, 0.2) is 23.1 Å². The summed E-state index contributed by atoms with van der Waals surface area (Å²) < 4.78 is 58.1. The van der Waals surface area contributed by atoms with E-state index in [0.717, 1.165) is 6.42 Å². The van der Waals surface area contributed by atoms with Gasteiger partial charge in [-0.25, -0.2) is 21.6 Å². The van der Waals surface area contributed by atoms with E-state index in [-0.39, 0.29) is 16.4 Å². The maximum atomic E-state index is 12.4. The Morgan fingerprint density at radius 1 is 1.30 bits per heavy atom. The van der Waals surface area contributed by atoms with Gasteiger partial charge >= 0.3 is 0 Å². The normalized spacial score (nSPS) is 17.9. The highest BCUT2D eigenvalue weighted by Crippen LogP contribution is 2.31. The van der Waals surface area contributed by atoms with Gasteiger partial charge in [0, 0.05) is 13.1 Å². The van der Waals surface area contributed by atoms with Crippen LogP contribution in [-0.4, -0.2) is 42.8 Å². The third-order valence-corrected chi connectivity index (χ3v) is 6.97. The molecule has 0 radical (unpaired) electrons. The van der Waals surface area contributed by atoms with E-state index in [4.69, 9.17) is 4.74 Å². The third kappa shape index (κ3) is 3.96. The molecule has 23 heavy (non-hydrogen) atoms. The number of anilines is 1. The van der Waals surface area contributed by atoms with Gasteiger partial charge in [0.05, 0.1) is 18.6 Å². The van der Waals surface area contributed by atoms with E-state index in [1.807, 2.05) is 6.92 Å². The Kier molecular flexibility index (Phi) is 5.53. The van der Waals surface area contributed by atoms with Crippen molar-refractivity contribution in [1.82, 2.24) is 4.72 Å². The number of nitrogens with one attached hydrogen (secondary N) is 1. The molecule has 1 heterocycles. The van der Waals surface area contributed by atoms with Crippen molar-refractivity contribution in [2.45, 2.75) is 31.1 Å². The number of rotatable bonds is 6. The van der Waals surface area contributed by atoms with Crippen LogP contribution in [0.25, 0.3) is 0 Å². The molecule has 0 unspecified atom stereocenters. The van der Waals surface area contributed by atoms with Crippen molar-refractivity contribution in [3.05, 3.63) is 18.2 Å². The average Bonchev–Trinajstić information content (AvgIpc) is 2.52. The Bertz CT molecular complexity index is 759. The maximum Gasteiger partial charge on any atom is 0.244 e. The highest BCUT2D eigenvalue weighted by Gasteiger charge is 2.28. The molecule has 1 fully saturated rings. The number of methoxy groups -OCH3 is 1. The Morgan fingerprint density at radius 2 is 2.04 bits per heavy atom. The molecule has 1 aromatic rings. The summed E-state index contributed by atoms with van der Waals surface area (Å²) in [4.78, 5) is -0.0493. The summed E-state index contributed by atoms with van der Waals surface area (Å²) in [6.45, 7) is 2.52. The van der Waals surface area contributed by atoms with Gasteiger partial charge in [-0.05, 0) is 37.5 Å². The summed E-state index contributed by atoms with van der Waals surface area (Å²) in [5.74, 6) is 0.265. The zero-order valence-corrected chi connectivity index (χ0v) is 14.9. The summed E-state index contributed by atoms with van der Waals surface area (Å²) in [5, 5.41) is 0. The predicted octanol–water partition coefficient (Wildman–Crippen LogP) is 1.31. The van der Waals surface area contributed by atoms with Gasteiger partial charge in [0.1, 0.15) is 10.6 Å². The second-order valence-electron chi connectivity index (χ2n) is 5.33. The summed E-state index contributed by atoms with van der Waals surface area (Å²) in [6, 6.07) is 4.42. The van der Waals surface area contributed by atoms with Crippen LogP contribution in [-0.2, 0) is 20.0 Å². The minimum absolute atomic E-state index is 0.0493. The van der Waals surface area contributed by atoms with E-state index >= 15 is 0 Å². The first-order valence-electron chi connectivity index (χ1n) is 7.50. The van der Waals surface area contributed by atoms with Gasteiger partial charge in [-0.2, -0.15) is 0 Å². The fraction of sp³-hybridized carbons (Fsp3) is 0.571. The van der Waals surface area contributed by atoms with Crippen molar-refractivity contribution in [2.24, 2.45) is 0 Å². The molecule has 0 aromatic heterocycles. The summed E-state index contributed by atoms with van der Waals surface area (Å²) >= 11 is 0. The molecule has 0 saturated carbocycles. The van der Waals surface area contributed by atoms with Crippen LogP contribution in [0, 0.1) is 0 Å². The molecule has 0 spiro atoms. The van der Waals surface area contributed by atoms with Gasteiger partial charge in [-0.1, -0.05) is 6.92 Å². The number of sulfonamides is 2. The number of benzene rings is 1. The minimum atomic E-state index is -3.76. The molecule has 7 nitrogen and oxygen atoms in total. The molecule has 0 bridgehead atoms. The minimum Gasteiger partial charge on any atom is -0.495 e. The molecule has 1 aliphatic rings. The van der Waals surface area contributed by atoms with Crippen LogP contribution in [0.2, 0.25) is 0 Å². The zero-order valence-electron chi connectivity index (χ0n) is 13.3. The first-order chi connectivity index (χ1) is 10.8. The van der Waals surface area contributed by atoms with Gasteiger partial charge in [-0.3, -0.25) is 4.31 Å². The molecule has 0 atom stereocenters. The molecule has 1 saturated heterocycles. The molecular weight excluding hydrogens is 340 g/mol. The second kappa shape index (κ2) is 7.06. The first kappa shape index (κ1) is 18.0. The largest absolute Gasteiger partial charge is 0.495 e. The molecule has 1 aromatic carbocycles. The zero-order chi connectivity index (χ0) is 17.1. The Labute approximate surface area is 137 Å². The van der Waals surface area contributed by atoms with Crippen molar-refractivity contribution in [1.29, 1.82) is 0 Å². The van der Waals surface area contributed by atoms with E-state index in [1.165, 1.54) is 23.5 Å². The van der Waals surface area contributed by atoms with Crippen molar-refractivity contribution in [2.75, 3.05) is 30.3 Å². The van der Waals surface area contributed by atoms with E-state index in [2.05, 4.69) is 4.72 Å². The third-order valence-electron chi connectivity index (χ3n) is 3.62. The molecule has 0 aliphatic carbocycles. The van der Waals surface area contributed by atoms with E-state index in [0.29, 0.717) is 31.6 Å². The van der Waals surface area contributed by atoms with Crippen LogP contribution < -0.4 is 13.8 Å². The van der Waals surface area contributed by atoms with Crippen LogP contribution in [0.5, 0.6) is 5.75 Å². The Morgan fingerprint density at radius 3 is 2.65 bits per heavy atom. The quantitative estimate of drug-likeness (QED) is 0.824. The number of hydrogen-bond acceptors (Lipinski definition) is 5. The fourth-order valence-electron chi connectivity index (χ4n) is 2.42. The molecule has 2 rings (SSSR count). The lowest BCUT2D eigenvalue weighted by molar-refractivity contribution is 0.402. The van der Waals surface area contributed by atoms with E-state index < -0.39 is 20.0 Å². The van der Waals surface area contributed by atoms with Crippen LogP contribution in [0.3, 0.4) is 0 Å². The average molecular weight is 362 g/mol. The van der Waals surface area contributed by atoms with Crippen molar-refractivity contribution >= 4 is 25.7 Å². The smallest absolute Gasteiger partial charge is 0.244 e. The first-order valence-corrected chi connectivity index (χ1v) is 10.6. The highest BCUT2D eigenvalue weighted by molar-refractivity contribution is 7.92. The fourth-order valence-corrected chi connectivity index (χ4v) is 5.38. The lowest BCUT2D eigenvalue weighted by Crippen LogP contribution is -2.38. The number of hydrogen-bond donors (Lipinski definition) is 1. The molecule has 130 valence electrons.